The zero-order valence-corrected chi connectivity index (χ0v) is 18.7. The van der Waals surface area contributed by atoms with E-state index in [1.54, 1.807) is 13.3 Å². The van der Waals surface area contributed by atoms with Gasteiger partial charge in [-0.05, 0) is 68.0 Å². The van der Waals surface area contributed by atoms with Gasteiger partial charge in [-0.1, -0.05) is 6.07 Å². The van der Waals surface area contributed by atoms with E-state index in [9.17, 15) is 4.79 Å². The van der Waals surface area contributed by atoms with E-state index in [-0.39, 0.29) is 18.0 Å². The molecule has 8 heteroatoms. The smallest absolute Gasteiger partial charge is 0.221 e. The number of ether oxygens (including phenoxy) is 1. The van der Waals surface area contributed by atoms with Crippen molar-refractivity contribution in [3.8, 4) is 5.75 Å². The minimum atomic E-state index is -0.169. The van der Waals surface area contributed by atoms with Crippen LogP contribution in [0.25, 0.3) is 0 Å². The number of methoxy groups -OCH3 is 1. The number of hydrogen-bond donors (Lipinski definition) is 3. The Labute approximate surface area is 186 Å². The molecule has 3 N–H and O–H groups in total. The van der Waals surface area contributed by atoms with Crippen LogP contribution in [0.2, 0.25) is 0 Å². The molecule has 0 radical (unpaired) electrons. The molecule has 0 saturated carbocycles. The van der Waals surface area contributed by atoms with E-state index in [1.165, 1.54) is 6.92 Å². The van der Waals surface area contributed by atoms with Crippen LogP contribution in [0.1, 0.15) is 41.7 Å². The highest BCUT2D eigenvalue weighted by Gasteiger charge is 2.42. The average molecular weight is 436 g/mol. The Bertz CT molecular complexity index is 1130. The van der Waals surface area contributed by atoms with Crippen molar-refractivity contribution in [2.24, 2.45) is 0 Å². The Morgan fingerprint density at radius 1 is 1.23 bits per heavy atom. The maximum Gasteiger partial charge on any atom is 0.221 e. The second-order valence-corrected chi connectivity index (χ2v) is 7.98. The molecule has 1 fully saturated rings. The molecular formula is C23H25N5O2S. The first-order chi connectivity index (χ1) is 14.9. The van der Waals surface area contributed by atoms with Crippen LogP contribution in [0.5, 0.6) is 5.75 Å². The number of nitrogens with zero attached hydrogens (tertiary/aromatic N) is 2. The fraction of sp³-hybridized carbons (Fsp3) is 0.261. The number of carbonyl (C=O) groups is 1. The first-order valence-electron chi connectivity index (χ1n) is 10.0. The van der Waals surface area contributed by atoms with Crippen molar-refractivity contribution in [1.29, 1.82) is 0 Å². The lowest BCUT2D eigenvalue weighted by Gasteiger charge is -2.28. The lowest BCUT2D eigenvalue weighted by atomic mass is 9.96. The molecule has 1 amide bonds. The Morgan fingerprint density at radius 2 is 2.03 bits per heavy atom. The lowest BCUT2D eigenvalue weighted by molar-refractivity contribution is -0.114. The highest BCUT2D eigenvalue weighted by molar-refractivity contribution is 7.80. The molecule has 1 aliphatic rings. The predicted octanol–water partition coefficient (Wildman–Crippen LogP) is 4.17. The van der Waals surface area contributed by atoms with E-state index < -0.39 is 0 Å². The molecule has 1 aliphatic heterocycles. The monoisotopic (exact) mass is 435 g/mol. The topological polar surface area (TPSA) is 82.3 Å². The average Bonchev–Trinajstić information content (AvgIpc) is 3.26. The number of H-pyrrole nitrogens is 1. The van der Waals surface area contributed by atoms with Gasteiger partial charge in [0, 0.05) is 30.2 Å². The molecular weight excluding hydrogens is 410 g/mol. The van der Waals surface area contributed by atoms with E-state index in [4.69, 9.17) is 17.0 Å². The summed E-state index contributed by atoms with van der Waals surface area (Å²) >= 11 is 5.78. The summed E-state index contributed by atoms with van der Waals surface area (Å²) < 4.78 is 5.42. The molecule has 1 saturated heterocycles. The fourth-order valence-corrected chi connectivity index (χ4v) is 4.48. The van der Waals surface area contributed by atoms with Gasteiger partial charge in [-0.15, -0.1) is 0 Å². The highest BCUT2D eigenvalue weighted by atomic mass is 32.1. The SMILES string of the molecule is COc1ccc(N2C(=S)N[C@H](c3ccccn3)[C@@H]2c2cc(C)[nH]c2C)cc1NC(C)=O. The Balaban J connectivity index is 1.84. The normalized spacial score (nSPS) is 18.1. The number of benzene rings is 1. The van der Waals surface area contributed by atoms with Crippen molar-refractivity contribution in [3.05, 3.63) is 71.3 Å². The van der Waals surface area contributed by atoms with E-state index in [1.807, 2.05) is 43.3 Å². The van der Waals surface area contributed by atoms with Gasteiger partial charge in [0.05, 0.1) is 30.6 Å². The number of rotatable bonds is 5. The van der Waals surface area contributed by atoms with Crippen LogP contribution in [0.15, 0.2) is 48.7 Å². The number of thiocarbonyl (C=S) groups is 1. The number of aromatic amines is 1. The molecule has 7 nitrogen and oxygen atoms in total. The van der Waals surface area contributed by atoms with Crippen LogP contribution < -0.4 is 20.3 Å². The number of amides is 1. The summed E-state index contributed by atoms with van der Waals surface area (Å²) in [4.78, 5) is 21.8. The molecule has 0 spiro atoms. The standard InChI is InChI=1S/C23H25N5O2S/c1-13-11-17(14(2)25-13)22-21(18-7-5-6-10-24-18)27-23(31)28(22)16-8-9-20(30-4)19(12-16)26-15(3)29/h5-12,21-22,25H,1-4H3,(H,26,29)(H,27,31)/t21-,22+/m1/s1. The maximum atomic E-state index is 11.7. The minimum Gasteiger partial charge on any atom is -0.495 e. The van der Waals surface area contributed by atoms with Gasteiger partial charge in [0.15, 0.2) is 5.11 Å². The van der Waals surface area contributed by atoms with Crippen LogP contribution in [0.3, 0.4) is 0 Å². The third-order valence-electron chi connectivity index (χ3n) is 5.38. The maximum absolute atomic E-state index is 11.7. The number of aryl methyl sites for hydroxylation is 2. The number of carbonyl (C=O) groups excluding carboxylic acids is 1. The van der Waals surface area contributed by atoms with Crippen LogP contribution in [-0.2, 0) is 4.79 Å². The van der Waals surface area contributed by atoms with Crippen LogP contribution in [0, 0.1) is 13.8 Å². The van der Waals surface area contributed by atoms with Gasteiger partial charge < -0.3 is 25.3 Å². The summed E-state index contributed by atoms with van der Waals surface area (Å²) in [5.74, 6) is 0.418. The molecule has 2 atom stereocenters. The Kier molecular flexibility index (Phi) is 5.65. The fourth-order valence-electron chi connectivity index (χ4n) is 4.13. The Morgan fingerprint density at radius 3 is 2.65 bits per heavy atom. The zero-order chi connectivity index (χ0) is 22.1. The summed E-state index contributed by atoms with van der Waals surface area (Å²) in [7, 11) is 1.58. The van der Waals surface area contributed by atoms with Gasteiger partial charge in [0.25, 0.3) is 0 Å². The molecule has 31 heavy (non-hydrogen) atoms. The summed E-state index contributed by atoms with van der Waals surface area (Å²) in [6, 6.07) is 13.4. The second kappa shape index (κ2) is 8.39. The van der Waals surface area contributed by atoms with E-state index in [0.29, 0.717) is 16.5 Å². The second-order valence-electron chi connectivity index (χ2n) is 7.60. The summed E-state index contributed by atoms with van der Waals surface area (Å²) in [5, 5.41) is 6.89. The molecule has 0 unspecified atom stereocenters. The number of aromatic nitrogens is 2. The van der Waals surface area contributed by atoms with Crippen molar-refractivity contribution in [2.45, 2.75) is 32.9 Å². The van der Waals surface area contributed by atoms with Gasteiger partial charge in [-0.2, -0.15) is 0 Å². The zero-order valence-electron chi connectivity index (χ0n) is 17.9. The third kappa shape index (κ3) is 3.98. The van der Waals surface area contributed by atoms with Crippen LogP contribution in [-0.4, -0.2) is 28.1 Å². The van der Waals surface area contributed by atoms with Crippen LogP contribution >= 0.6 is 12.2 Å². The molecule has 3 aromatic rings. The van der Waals surface area contributed by atoms with Crippen molar-refractivity contribution in [2.75, 3.05) is 17.3 Å². The number of pyridine rings is 1. The van der Waals surface area contributed by atoms with Crippen LogP contribution in [0.4, 0.5) is 11.4 Å². The van der Waals surface area contributed by atoms with Gasteiger partial charge in [0.2, 0.25) is 5.91 Å². The van der Waals surface area contributed by atoms with Gasteiger partial charge in [-0.25, -0.2) is 0 Å². The lowest BCUT2D eigenvalue weighted by Crippen LogP contribution is -2.29. The van der Waals surface area contributed by atoms with E-state index in [0.717, 1.165) is 28.3 Å². The molecule has 160 valence electrons. The van der Waals surface area contributed by atoms with Crippen molar-refractivity contribution < 1.29 is 9.53 Å². The summed E-state index contributed by atoms with van der Waals surface area (Å²) in [6.07, 6.45) is 1.79. The van der Waals surface area contributed by atoms with Gasteiger partial charge in [0.1, 0.15) is 5.75 Å². The van der Waals surface area contributed by atoms with Crippen molar-refractivity contribution in [1.82, 2.24) is 15.3 Å². The number of nitrogens with one attached hydrogen (secondary N) is 3. The first kappa shape index (κ1) is 20.9. The quantitative estimate of drug-likeness (QED) is 0.522. The molecule has 0 bridgehead atoms. The molecule has 2 aromatic heterocycles. The molecule has 0 aliphatic carbocycles. The van der Waals surface area contributed by atoms with E-state index in [2.05, 4.69) is 38.5 Å². The van der Waals surface area contributed by atoms with Crippen molar-refractivity contribution >= 4 is 34.6 Å². The molecule has 1 aromatic carbocycles. The summed E-state index contributed by atoms with van der Waals surface area (Å²) in [5.41, 5.74) is 5.65. The number of anilines is 2. The van der Waals surface area contributed by atoms with Gasteiger partial charge >= 0.3 is 0 Å². The predicted molar refractivity (Wildman–Crippen MR) is 125 cm³/mol. The van der Waals surface area contributed by atoms with Gasteiger partial charge in [-0.3, -0.25) is 9.78 Å². The number of hydrogen-bond acceptors (Lipinski definition) is 4. The summed E-state index contributed by atoms with van der Waals surface area (Å²) in [6.45, 7) is 5.58. The third-order valence-corrected chi connectivity index (χ3v) is 5.69. The molecule has 4 rings (SSSR count). The Hall–Kier alpha value is -3.39. The highest BCUT2D eigenvalue weighted by Crippen LogP contribution is 2.44. The van der Waals surface area contributed by atoms with Crippen molar-refractivity contribution in [3.63, 3.8) is 0 Å². The first-order valence-corrected chi connectivity index (χ1v) is 10.4. The largest absolute Gasteiger partial charge is 0.495 e. The van der Waals surface area contributed by atoms with E-state index >= 15 is 0 Å². The minimum absolute atomic E-state index is 0.120. The molecule has 3 heterocycles.